The highest BCUT2D eigenvalue weighted by atomic mass is 79.9. The molecule has 4 aromatic rings. The van der Waals surface area contributed by atoms with Gasteiger partial charge in [0.1, 0.15) is 12.4 Å². The van der Waals surface area contributed by atoms with E-state index in [4.69, 9.17) is 18.9 Å². The topological polar surface area (TPSA) is 86.9 Å². The van der Waals surface area contributed by atoms with Crippen LogP contribution in [0.3, 0.4) is 0 Å². The van der Waals surface area contributed by atoms with E-state index in [0.717, 1.165) is 16.5 Å². The summed E-state index contributed by atoms with van der Waals surface area (Å²) >= 11 is 3.57. The first-order chi connectivity index (χ1) is 18.7. The van der Waals surface area contributed by atoms with Crippen LogP contribution in [0.1, 0.15) is 43.4 Å². The average molecular weight is 596 g/mol. The molecule has 1 aromatic heterocycles. The predicted octanol–water partition coefficient (Wildman–Crippen LogP) is 6.63. The summed E-state index contributed by atoms with van der Waals surface area (Å²) in [5.74, 6) is -4.38. The van der Waals surface area contributed by atoms with Gasteiger partial charge in [0, 0.05) is 42.4 Å². The van der Waals surface area contributed by atoms with Gasteiger partial charge in [-0.1, -0.05) is 36.4 Å². The van der Waals surface area contributed by atoms with E-state index in [9.17, 15) is 14.0 Å². The predicted molar refractivity (Wildman–Crippen MR) is 146 cm³/mol. The van der Waals surface area contributed by atoms with Crippen LogP contribution in [0.15, 0.2) is 71.3 Å². The van der Waals surface area contributed by atoms with E-state index in [-0.39, 0.29) is 12.4 Å². The fourth-order valence-corrected chi connectivity index (χ4v) is 5.41. The van der Waals surface area contributed by atoms with Gasteiger partial charge in [0.15, 0.2) is 17.4 Å². The van der Waals surface area contributed by atoms with Gasteiger partial charge < -0.3 is 23.9 Å². The summed E-state index contributed by atoms with van der Waals surface area (Å²) in [6.45, 7) is 5.17. The van der Waals surface area contributed by atoms with Crippen LogP contribution in [-0.2, 0) is 25.7 Å². The Kier molecular flexibility index (Phi) is 7.36. The lowest BCUT2D eigenvalue weighted by molar-refractivity contribution is -0.240. The van der Waals surface area contributed by atoms with E-state index >= 15 is 0 Å². The molecule has 1 aliphatic heterocycles. The lowest BCUT2D eigenvalue weighted by Gasteiger charge is -2.36. The largest absolute Gasteiger partial charge is 0.490 e. The van der Waals surface area contributed by atoms with Crippen molar-refractivity contribution >= 4 is 38.8 Å². The van der Waals surface area contributed by atoms with Gasteiger partial charge in [0.2, 0.25) is 0 Å². The number of aromatic nitrogens is 1. The molecule has 1 fully saturated rings. The van der Waals surface area contributed by atoms with Crippen molar-refractivity contribution in [2.24, 2.45) is 5.92 Å². The number of fused-ring (bicyclic) bond motifs is 1. The molecule has 0 spiro atoms. The van der Waals surface area contributed by atoms with Crippen LogP contribution in [0.25, 0.3) is 10.9 Å². The number of H-pyrrole nitrogens is 1. The van der Waals surface area contributed by atoms with Gasteiger partial charge in [-0.15, -0.1) is 0 Å². The Morgan fingerprint density at radius 1 is 1.03 bits per heavy atom. The molecule has 1 saturated heterocycles. The molecule has 1 atom stereocenters. The van der Waals surface area contributed by atoms with Crippen molar-refractivity contribution in [1.82, 2.24) is 4.98 Å². The minimum absolute atomic E-state index is 0.0209. The minimum atomic E-state index is -1.36. The van der Waals surface area contributed by atoms with Crippen LogP contribution < -0.4 is 9.47 Å². The maximum Gasteiger partial charge on any atom is 0.324 e. The molecule has 0 radical (unpaired) electrons. The first-order valence-corrected chi connectivity index (χ1v) is 13.3. The summed E-state index contributed by atoms with van der Waals surface area (Å²) < 4.78 is 37.7. The molecule has 2 heterocycles. The van der Waals surface area contributed by atoms with Crippen molar-refractivity contribution in [2.75, 3.05) is 6.61 Å². The Hall–Kier alpha value is -3.85. The molecule has 5 rings (SSSR count). The van der Waals surface area contributed by atoms with Gasteiger partial charge in [-0.3, -0.25) is 9.59 Å². The summed E-state index contributed by atoms with van der Waals surface area (Å²) in [5.41, 5.74) is 2.57. The van der Waals surface area contributed by atoms with E-state index in [1.807, 2.05) is 31.2 Å². The van der Waals surface area contributed by atoms with Crippen molar-refractivity contribution in [2.45, 2.75) is 39.1 Å². The number of esters is 2. The monoisotopic (exact) mass is 595 g/mol. The number of benzene rings is 3. The van der Waals surface area contributed by atoms with Crippen molar-refractivity contribution in [1.29, 1.82) is 0 Å². The van der Waals surface area contributed by atoms with Crippen molar-refractivity contribution in [3.63, 3.8) is 0 Å². The third-order valence-corrected chi connectivity index (χ3v) is 7.10. The quantitative estimate of drug-likeness (QED) is 0.182. The van der Waals surface area contributed by atoms with E-state index in [2.05, 4.69) is 20.9 Å². The molecule has 7 nitrogen and oxygen atoms in total. The van der Waals surface area contributed by atoms with Crippen molar-refractivity contribution < 1.29 is 32.9 Å². The molecule has 9 heteroatoms. The molecule has 0 saturated carbocycles. The zero-order chi connectivity index (χ0) is 27.7. The standard InChI is InChI=1S/C30H27BrFNO6/c1-4-36-24-14-18(13-21(31)27(24)37-16-17-9-5-7-11-22(17)32)25(20-15-33-23-12-8-6-10-19(20)23)26-28(34)38-30(2,3)39-29(26)35/h5-15,25-26,33H,4,16H2,1-3H3/t25-/m0/s1. The van der Waals surface area contributed by atoms with E-state index in [1.165, 1.54) is 19.9 Å². The fraction of sp³-hybridized carbons (Fsp3) is 0.267. The van der Waals surface area contributed by atoms with Crippen LogP contribution in [0.5, 0.6) is 11.5 Å². The van der Waals surface area contributed by atoms with Crippen LogP contribution in [-0.4, -0.2) is 29.3 Å². The number of rotatable bonds is 8. The summed E-state index contributed by atoms with van der Waals surface area (Å²) in [6.07, 6.45) is 1.78. The third kappa shape index (κ3) is 5.36. The average Bonchev–Trinajstić information content (AvgIpc) is 3.30. The number of ether oxygens (including phenoxy) is 4. The molecule has 39 heavy (non-hydrogen) atoms. The molecular weight excluding hydrogens is 569 g/mol. The SMILES string of the molecule is CCOc1cc([C@@H](c2c[nH]c3ccccc23)C2C(=O)OC(C)(C)OC2=O)cc(Br)c1OCc1ccccc1F. The first kappa shape index (κ1) is 26.7. The second kappa shape index (κ2) is 10.7. The van der Waals surface area contributed by atoms with Gasteiger partial charge in [-0.2, -0.15) is 0 Å². The molecule has 1 N–H and O–H groups in total. The summed E-state index contributed by atoms with van der Waals surface area (Å²) in [7, 11) is 0. The smallest absolute Gasteiger partial charge is 0.324 e. The van der Waals surface area contributed by atoms with Crippen LogP contribution in [0, 0.1) is 11.7 Å². The van der Waals surface area contributed by atoms with Gasteiger partial charge in [0.25, 0.3) is 5.79 Å². The second-order valence-corrected chi connectivity index (χ2v) is 10.5. The Morgan fingerprint density at radius 2 is 1.72 bits per heavy atom. The molecule has 0 unspecified atom stereocenters. The summed E-state index contributed by atoms with van der Waals surface area (Å²) in [6, 6.07) is 17.5. The molecule has 1 aliphatic rings. The maximum atomic E-state index is 14.2. The molecule has 0 aliphatic carbocycles. The Balaban J connectivity index is 1.61. The van der Waals surface area contributed by atoms with Crippen molar-refractivity contribution in [3.8, 4) is 11.5 Å². The normalized spacial score (nSPS) is 16.0. The van der Waals surface area contributed by atoms with Gasteiger partial charge in [-0.05, 0) is 58.2 Å². The zero-order valence-corrected chi connectivity index (χ0v) is 23.2. The Labute approximate surface area is 233 Å². The van der Waals surface area contributed by atoms with Crippen molar-refractivity contribution in [3.05, 3.63) is 93.8 Å². The van der Waals surface area contributed by atoms with Crippen LogP contribution >= 0.6 is 15.9 Å². The van der Waals surface area contributed by atoms with Crippen LogP contribution in [0.4, 0.5) is 4.39 Å². The van der Waals surface area contributed by atoms with Gasteiger partial charge >= 0.3 is 11.9 Å². The number of hydrogen-bond donors (Lipinski definition) is 1. The lowest BCUT2D eigenvalue weighted by Crippen LogP contribution is -2.48. The Bertz CT molecular complexity index is 1530. The highest BCUT2D eigenvalue weighted by Gasteiger charge is 2.49. The Morgan fingerprint density at radius 3 is 2.44 bits per heavy atom. The number of halogens is 2. The van der Waals surface area contributed by atoms with E-state index in [1.54, 1.807) is 36.5 Å². The van der Waals surface area contributed by atoms with E-state index < -0.39 is 29.6 Å². The number of nitrogens with one attached hydrogen (secondary N) is 1. The number of carbonyl (C=O) groups is 2. The number of aromatic amines is 1. The molecule has 202 valence electrons. The number of cyclic esters (lactones) is 2. The summed E-state index contributed by atoms with van der Waals surface area (Å²) in [4.78, 5) is 29.8. The van der Waals surface area contributed by atoms with Crippen LogP contribution in [0.2, 0.25) is 0 Å². The number of para-hydroxylation sites is 1. The molecule has 0 bridgehead atoms. The molecule has 0 amide bonds. The minimum Gasteiger partial charge on any atom is -0.490 e. The lowest BCUT2D eigenvalue weighted by atomic mass is 9.80. The highest BCUT2D eigenvalue weighted by Crippen LogP contribution is 2.45. The number of hydrogen-bond acceptors (Lipinski definition) is 6. The first-order valence-electron chi connectivity index (χ1n) is 12.5. The third-order valence-electron chi connectivity index (χ3n) is 6.51. The second-order valence-electron chi connectivity index (χ2n) is 9.63. The summed E-state index contributed by atoms with van der Waals surface area (Å²) in [5, 5.41) is 0.849. The number of carbonyl (C=O) groups excluding carboxylic acids is 2. The molecular formula is C30H27BrFNO6. The maximum absolute atomic E-state index is 14.2. The zero-order valence-electron chi connectivity index (χ0n) is 21.6. The van der Waals surface area contributed by atoms with Gasteiger partial charge in [0.05, 0.1) is 11.1 Å². The fourth-order valence-electron chi connectivity index (χ4n) is 4.84. The van der Waals surface area contributed by atoms with Gasteiger partial charge in [-0.25, -0.2) is 4.39 Å². The molecule has 3 aromatic carbocycles. The highest BCUT2D eigenvalue weighted by molar-refractivity contribution is 9.10. The van der Waals surface area contributed by atoms with E-state index in [0.29, 0.717) is 33.7 Å².